The van der Waals surface area contributed by atoms with E-state index in [1.54, 1.807) is 37.4 Å². The van der Waals surface area contributed by atoms with Crippen molar-refractivity contribution in [1.82, 2.24) is 44.9 Å². The topological polar surface area (TPSA) is 195 Å². The first-order chi connectivity index (χ1) is 30.9. The van der Waals surface area contributed by atoms with Crippen LogP contribution in [0.1, 0.15) is 109 Å². The smallest absolute Gasteiger partial charge is 0.264 e. The normalized spacial score (nSPS) is 18.3. The molecule has 3 aromatic heterocycles. The van der Waals surface area contributed by atoms with Crippen LogP contribution in [0, 0.1) is 5.82 Å². The van der Waals surface area contributed by atoms with E-state index in [2.05, 4.69) is 30.8 Å². The Hall–Kier alpha value is -5.91. The summed E-state index contributed by atoms with van der Waals surface area (Å²) >= 11 is 12.5. The number of nitrogens with two attached hydrogens (primary N) is 1. The van der Waals surface area contributed by atoms with Gasteiger partial charge in [0.25, 0.3) is 11.8 Å². The molecule has 4 N–H and O–H groups in total. The van der Waals surface area contributed by atoms with Gasteiger partial charge in [0.05, 0.1) is 34.1 Å². The molecule has 2 aromatic carbocycles. The number of aromatic nitrogens is 6. The zero-order valence-corrected chi connectivity index (χ0v) is 37.0. The molecular formula is C45H50Cl2FN11O5. The van der Waals surface area contributed by atoms with E-state index < -0.39 is 41.6 Å². The summed E-state index contributed by atoms with van der Waals surface area (Å²) in [6.07, 6.45) is 14.7. The Bertz CT molecular complexity index is 2550. The SMILES string of the molecule is CC(Oc1cc(-c2cnn(C3CCCN(CCCc4cn(CCCCCCNc5cccc6c5C(=O)N(C5CCC(=O)NC5=O)C6=O)nn4)C3)c2)cnc1N)c1c(Cl)ccc(F)c1Cl. The molecule has 19 heteroatoms. The number of nitrogens with one attached hydrogen (secondary N) is 2. The molecule has 6 heterocycles. The molecule has 2 saturated heterocycles. The van der Waals surface area contributed by atoms with Gasteiger partial charge in [-0.3, -0.25) is 38.8 Å². The van der Waals surface area contributed by atoms with Crippen LogP contribution in [0.4, 0.5) is 15.9 Å². The zero-order valence-electron chi connectivity index (χ0n) is 35.4. The van der Waals surface area contributed by atoms with Crippen molar-refractivity contribution in [3.05, 3.63) is 99.4 Å². The molecular weight excluding hydrogens is 864 g/mol. The zero-order chi connectivity index (χ0) is 44.9. The third-order valence-corrected chi connectivity index (χ3v) is 12.8. The largest absolute Gasteiger partial charge is 0.482 e. The molecule has 3 aliphatic heterocycles. The van der Waals surface area contributed by atoms with Crippen molar-refractivity contribution in [1.29, 1.82) is 0 Å². The van der Waals surface area contributed by atoms with E-state index in [4.69, 9.17) is 38.8 Å². The fourth-order valence-electron chi connectivity index (χ4n) is 8.69. The van der Waals surface area contributed by atoms with Gasteiger partial charge < -0.3 is 20.7 Å². The van der Waals surface area contributed by atoms with Crippen LogP contribution in [0.25, 0.3) is 11.1 Å². The highest BCUT2D eigenvalue weighted by atomic mass is 35.5. The van der Waals surface area contributed by atoms with Crippen molar-refractivity contribution >= 4 is 58.3 Å². The van der Waals surface area contributed by atoms with Gasteiger partial charge >= 0.3 is 0 Å². The number of rotatable bonds is 18. The highest BCUT2D eigenvalue weighted by Gasteiger charge is 2.45. The van der Waals surface area contributed by atoms with Gasteiger partial charge in [0, 0.05) is 72.0 Å². The Morgan fingerprint density at radius 1 is 0.984 bits per heavy atom. The van der Waals surface area contributed by atoms with Crippen molar-refractivity contribution in [3.8, 4) is 16.9 Å². The standard InChI is InChI=1S/C45H50Cl2FN11O5/c1-27(39-33(46)13-14-34(48)41(39)47)64-37-21-28(22-51-42(37)49)29-23-52-58(24-29)31-10-8-19-56(26-31)18-7-9-30-25-57(55-54-30)20-5-3-2-4-17-50-35-12-6-11-32-40(35)45(63)59(44(32)62)36-15-16-38(60)53-43(36)61/h6,11-14,21-25,27,31,36,50H,2-5,7-10,15-20,26H2,1H3,(H2,49,51)(H,53,60,61). The van der Waals surface area contributed by atoms with Gasteiger partial charge in [-0.05, 0) is 95.3 Å². The molecule has 0 bridgehead atoms. The van der Waals surface area contributed by atoms with Crippen molar-refractivity contribution < 1.29 is 28.3 Å². The molecule has 16 nitrogen and oxygen atoms in total. The van der Waals surface area contributed by atoms with Crippen molar-refractivity contribution in [2.24, 2.45) is 0 Å². The maximum atomic E-state index is 14.2. The number of piperidine rings is 2. The molecule has 0 saturated carbocycles. The predicted molar refractivity (Wildman–Crippen MR) is 238 cm³/mol. The van der Waals surface area contributed by atoms with E-state index in [0.717, 1.165) is 99.3 Å². The molecule has 5 aromatic rings. The molecule has 8 rings (SSSR count). The lowest BCUT2D eigenvalue weighted by Gasteiger charge is -2.32. The minimum absolute atomic E-state index is 0.0782. The third-order valence-electron chi connectivity index (χ3n) is 12.1. The molecule has 4 amide bonds. The molecule has 0 aliphatic carbocycles. The number of halogens is 3. The summed E-state index contributed by atoms with van der Waals surface area (Å²) in [5.41, 5.74) is 10.2. The molecule has 336 valence electrons. The number of carbonyl (C=O) groups excluding carboxylic acids is 4. The molecule has 64 heavy (non-hydrogen) atoms. The number of imide groups is 2. The Morgan fingerprint density at radius 3 is 2.67 bits per heavy atom. The number of hydrogen-bond donors (Lipinski definition) is 3. The van der Waals surface area contributed by atoms with Crippen LogP contribution >= 0.6 is 23.2 Å². The lowest BCUT2D eigenvalue weighted by Crippen LogP contribution is -2.54. The molecule has 3 aliphatic rings. The van der Waals surface area contributed by atoms with E-state index in [1.807, 2.05) is 28.0 Å². The van der Waals surface area contributed by atoms with Gasteiger partial charge in [-0.25, -0.2) is 9.37 Å². The first-order valence-corrected chi connectivity index (χ1v) is 22.5. The van der Waals surface area contributed by atoms with Crippen LogP contribution in [-0.2, 0) is 22.6 Å². The number of unbranched alkanes of at least 4 members (excludes halogenated alkanes) is 3. The fourth-order valence-corrected chi connectivity index (χ4v) is 9.37. The Kier molecular flexibility index (Phi) is 13.9. The number of nitrogen functional groups attached to an aromatic ring is 1. The second-order valence-electron chi connectivity index (χ2n) is 16.5. The van der Waals surface area contributed by atoms with Gasteiger partial charge in [-0.1, -0.05) is 47.3 Å². The summed E-state index contributed by atoms with van der Waals surface area (Å²) in [7, 11) is 0. The fraction of sp³-hybridized carbons (Fsp3) is 0.422. The average Bonchev–Trinajstić information content (AvgIpc) is 4.02. The number of anilines is 2. The Balaban J connectivity index is 0.741. The second kappa shape index (κ2) is 19.9. The third kappa shape index (κ3) is 9.91. The summed E-state index contributed by atoms with van der Waals surface area (Å²) < 4.78 is 24.2. The number of hydrogen-bond acceptors (Lipinski definition) is 12. The van der Waals surface area contributed by atoms with Gasteiger partial charge in [0.2, 0.25) is 11.8 Å². The molecule has 3 unspecified atom stereocenters. The number of aryl methyl sites for hydroxylation is 2. The summed E-state index contributed by atoms with van der Waals surface area (Å²) in [5.74, 6) is -2.12. The van der Waals surface area contributed by atoms with Crippen LogP contribution in [0.3, 0.4) is 0 Å². The van der Waals surface area contributed by atoms with Crippen LogP contribution < -0.4 is 21.1 Å². The van der Waals surface area contributed by atoms with Crippen LogP contribution in [0.15, 0.2) is 61.2 Å². The summed E-state index contributed by atoms with van der Waals surface area (Å²) in [4.78, 5) is 58.3. The average molecular weight is 915 g/mol. The second-order valence-corrected chi connectivity index (χ2v) is 17.3. The lowest BCUT2D eigenvalue weighted by molar-refractivity contribution is -0.136. The first kappa shape index (κ1) is 44.7. The maximum absolute atomic E-state index is 14.2. The van der Waals surface area contributed by atoms with Crippen molar-refractivity contribution in [3.63, 3.8) is 0 Å². The Morgan fingerprint density at radius 2 is 1.83 bits per heavy atom. The van der Waals surface area contributed by atoms with Crippen molar-refractivity contribution in [2.75, 3.05) is 37.2 Å². The number of likely N-dealkylation sites (tertiary alicyclic amines) is 1. The maximum Gasteiger partial charge on any atom is 0.264 e. The van der Waals surface area contributed by atoms with Gasteiger partial charge in [0.15, 0.2) is 11.6 Å². The molecule has 2 fully saturated rings. The monoisotopic (exact) mass is 913 g/mol. The molecule has 3 atom stereocenters. The van der Waals surface area contributed by atoms with Crippen LogP contribution in [0.5, 0.6) is 5.75 Å². The van der Waals surface area contributed by atoms with Gasteiger partial charge in [-0.15, -0.1) is 5.10 Å². The van der Waals surface area contributed by atoms with Crippen LogP contribution in [0.2, 0.25) is 10.0 Å². The minimum atomic E-state index is -0.993. The minimum Gasteiger partial charge on any atom is -0.482 e. The number of pyridine rings is 1. The Labute approximate surface area is 379 Å². The number of ether oxygens (including phenoxy) is 1. The summed E-state index contributed by atoms with van der Waals surface area (Å²) in [6, 6.07) is 8.77. The molecule has 0 radical (unpaired) electrons. The summed E-state index contributed by atoms with van der Waals surface area (Å²) in [6.45, 7) is 5.98. The number of fused-ring (bicyclic) bond motifs is 1. The van der Waals surface area contributed by atoms with Crippen LogP contribution in [-0.4, -0.2) is 95.4 Å². The first-order valence-electron chi connectivity index (χ1n) is 21.7. The van der Waals surface area contributed by atoms with E-state index >= 15 is 0 Å². The summed E-state index contributed by atoms with van der Waals surface area (Å²) in [5, 5.41) is 19.2. The van der Waals surface area contributed by atoms with E-state index in [0.29, 0.717) is 28.6 Å². The van der Waals surface area contributed by atoms with Gasteiger partial charge in [-0.2, -0.15) is 5.10 Å². The highest BCUT2D eigenvalue weighted by molar-refractivity contribution is 6.36. The van der Waals surface area contributed by atoms with E-state index in [9.17, 15) is 23.6 Å². The molecule has 0 spiro atoms. The predicted octanol–water partition coefficient (Wildman–Crippen LogP) is 7.05. The number of amides is 4. The quantitative estimate of drug-likeness (QED) is 0.0461. The number of benzene rings is 2. The number of nitrogens with zero attached hydrogens (tertiary/aromatic N) is 8. The van der Waals surface area contributed by atoms with E-state index in [1.165, 1.54) is 12.1 Å². The lowest BCUT2D eigenvalue weighted by atomic mass is 10.0. The van der Waals surface area contributed by atoms with Gasteiger partial charge in [0.1, 0.15) is 18.0 Å². The highest BCUT2D eigenvalue weighted by Crippen LogP contribution is 2.38. The van der Waals surface area contributed by atoms with E-state index in [-0.39, 0.29) is 40.9 Å². The number of carbonyl (C=O) groups is 4. The van der Waals surface area contributed by atoms with Crippen molar-refractivity contribution in [2.45, 2.75) is 95.9 Å².